The van der Waals surface area contributed by atoms with Crippen molar-refractivity contribution in [2.45, 2.75) is 13.5 Å². The number of hydrogen-bond acceptors (Lipinski definition) is 2. The summed E-state index contributed by atoms with van der Waals surface area (Å²) in [4.78, 5) is 0. The van der Waals surface area contributed by atoms with Gasteiger partial charge >= 0.3 is 0 Å². The zero-order valence-electron chi connectivity index (χ0n) is 6.96. The molecule has 0 N–H and O–H groups in total. The van der Waals surface area contributed by atoms with Gasteiger partial charge in [-0.05, 0) is 6.92 Å². The predicted octanol–water partition coefficient (Wildman–Crippen LogP) is 2.38. The highest BCUT2D eigenvalue weighted by Crippen LogP contribution is 2.09. The topological polar surface area (TPSA) is 41.6 Å². The van der Waals surface area contributed by atoms with E-state index >= 15 is 0 Å². The molecule has 0 saturated carbocycles. The molecule has 3 nitrogen and oxygen atoms in total. The van der Waals surface area contributed by atoms with Crippen LogP contribution in [0.1, 0.15) is 11.3 Å². The zero-order valence-corrected chi connectivity index (χ0v) is 8.47. The minimum atomic E-state index is 0.396. The Bertz CT molecular complexity index is 373. The van der Waals surface area contributed by atoms with Crippen LogP contribution in [-0.2, 0) is 6.54 Å². The smallest absolute Gasteiger partial charge is 0.103 e. The van der Waals surface area contributed by atoms with E-state index in [2.05, 4.69) is 5.10 Å². The van der Waals surface area contributed by atoms with Gasteiger partial charge in [-0.15, -0.1) is 0 Å². The highest BCUT2D eigenvalue weighted by Gasteiger charge is 2.03. The van der Waals surface area contributed by atoms with Crippen LogP contribution < -0.4 is 0 Å². The second kappa shape index (κ2) is 4.31. The second-order valence-corrected chi connectivity index (χ2v) is 3.20. The fourth-order valence-electron chi connectivity index (χ4n) is 0.898. The summed E-state index contributed by atoms with van der Waals surface area (Å²) in [6.07, 6.45) is 1.64. The highest BCUT2D eigenvalue weighted by molar-refractivity contribution is 6.36. The summed E-state index contributed by atoms with van der Waals surface area (Å²) in [7, 11) is 0. The Labute approximate surface area is 86.2 Å². The van der Waals surface area contributed by atoms with Crippen LogP contribution in [0, 0.1) is 18.3 Å². The molecule has 1 aromatic rings. The quantitative estimate of drug-likeness (QED) is 0.761. The van der Waals surface area contributed by atoms with Crippen molar-refractivity contribution in [1.29, 1.82) is 5.26 Å². The number of aryl methyl sites for hydroxylation is 1. The van der Waals surface area contributed by atoms with Crippen molar-refractivity contribution in [3.63, 3.8) is 0 Å². The van der Waals surface area contributed by atoms with Crippen molar-refractivity contribution >= 4 is 23.2 Å². The Kier molecular flexibility index (Phi) is 3.35. The fraction of sp³-hybridized carbons (Fsp3) is 0.250. The molecular formula is C8H7Cl2N3. The molecule has 1 aromatic heterocycles. The van der Waals surface area contributed by atoms with E-state index in [1.807, 2.05) is 6.07 Å². The van der Waals surface area contributed by atoms with Gasteiger partial charge in [0.15, 0.2) is 0 Å². The summed E-state index contributed by atoms with van der Waals surface area (Å²) in [6, 6.07) is 2.03. The zero-order chi connectivity index (χ0) is 9.84. The third-order valence-electron chi connectivity index (χ3n) is 1.50. The lowest BCUT2D eigenvalue weighted by atomic mass is 10.3. The van der Waals surface area contributed by atoms with E-state index in [-0.39, 0.29) is 0 Å². The maximum Gasteiger partial charge on any atom is 0.103 e. The van der Waals surface area contributed by atoms with Gasteiger partial charge in [-0.25, -0.2) is 0 Å². The van der Waals surface area contributed by atoms with Gasteiger partial charge in [0.2, 0.25) is 0 Å². The van der Waals surface area contributed by atoms with Gasteiger partial charge in [0.1, 0.15) is 6.07 Å². The number of hydrogen-bond donors (Lipinski definition) is 0. The molecule has 0 aliphatic heterocycles. The van der Waals surface area contributed by atoms with Crippen LogP contribution in [0.4, 0.5) is 0 Å². The van der Waals surface area contributed by atoms with Crippen molar-refractivity contribution in [2.75, 3.05) is 0 Å². The molecule has 1 rings (SSSR count). The van der Waals surface area contributed by atoms with Crippen LogP contribution in [0.5, 0.6) is 0 Å². The van der Waals surface area contributed by atoms with Crippen molar-refractivity contribution in [3.05, 3.63) is 28.0 Å². The van der Waals surface area contributed by atoms with Gasteiger partial charge in [0.05, 0.1) is 22.8 Å². The lowest BCUT2D eigenvalue weighted by molar-refractivity contribution is 0.687. The molecular weight excluding hydrogens is 209 g/mol. The molecule has 0 atom stereocenters. The van der Waals surface area contributed by atoms with Crippen LogP contribution in [0.15, 0.2) is 16.8 Å². The molecule has 0 aliphatic carbocycles. The standard InChI is InChI=1S/C8H7Cl2N3/c1-6-7(3-11)4-13(12-6)5-8(10)2-9/h2,4H,5H2,1H3/b8-2-. The van der Waals surface area contributed by atoms with Gasteiger partial charge in [-0.1, -0.05) is 23.2 Å². The van der Waals surface area contributed by atoms with E-state index in [0.29, 0.717) is 22.8 Å². The Hall–Kier alpha value is -0.980. The maximum absolute atomic E-state index is 8.65. The van der Waals surface area contributed by atoms with Gasteiger partial charge in [0, 0.05) is 11.7 Å². The van der Waals surface area contributed by atoms with Gasteiger partial charge in [-0.3, -0.25) is 4.68 Å². The van der Waals surface area contributed by atoms with Crippen molar-refractivity contribution in [2.24, 2.45) is 0 Å². The van der Waals surface area contributed by atoms with E-state index in [4.69, 9.17) is 28.5 Å². The van der Waals surface area contributed by atoms with E-state index < -0.39 is 0 Å². The minimum Gasteiger partial charge on any atom is -0.266 e. The number of allylic oxidation sites excluding steroid dienone is 1. The van der Waals surface area contributed by atoms with E-state index in [0.717, 1.165) is 0 Å². The van der Waals surface area contributed by atoms with Crippen LogP contribution in [0.3, 0.4) is 0 Å². The normalized spacial score (nSPS) is 11.4. The molecule has 13 heavy (non-hydrogen) atoms. The fourth-order valence-corrected chi connectivity index (χ4v) is 1.09. The summed E-state index contributed by atoms with van der Waals surface area (Å²) in [5, 5.41) is 13.2. The number of aromatic nitrogens is 2. The van der Waals surface area contributed by atoms with Gasteiger partial charge in [-0.2, -0.15) is 10.4 Å². The lowest BCUT2D eigenvalue weighted by Crippen LogP contribution is -1.98. The summed E-state index contributed by atoms with van der Waals surface area (Å²) in [5.41, 5.74) is 2.53. The molecule has 0 amide bonds. The van der Waals surface area contributed by atoms with Crippen molar-refractivity contribution in [1.82, 2.24) is 9.78 Å². The van der Waals surface area contributed by atoms with Crippen LogP contribution in [0.25, 0.3) is 0 Å². The Morgan fingerprint density at radius 3 is 3.00 bits per heavy atom. The van der Waals surface area contributed by atoms with Gasteiger partial charge < -0.3 is 0 Å². The largest absolute Gasteiger partial charge is 0.266 e. The molecule has 5 heteroatoms. The summed E-state index contributed by atoms with van der Waals surface area (Å²) in [6.45, 7) is 2.17. The van der Waals surface area contributed by atoms with Crippen molar-refractivity contribution in [3.8, 4) is 6.07 Å². The average Bonchev–Trinajstić information content (AvgIpc) is 2.46. The highest BCUT2D eigenvalue weighted by atomic mass is 35.5. The van der Waals surface area contributed by atoms with Crippen LogP contribution >= 0.6 is 23.2 Å². The second-order valence-electron chi connectivity index (χ2n) is 2.49. The van der Waals surface area contributed by atoms with E-state index in [9.17, 15) is 0 Å². The number of rotatable bonds is 2. The first-order chi connectivity index (χ1) is 6.17. The molecule has 0 saturated heterocycles. The average molecular weight is 216 g/mol. The molecule has 0 fully saturated rings. The molecule has 0 aromatic carbocycles. The van der Waals surface area contributed by atoms with Crippen LogP contribution in [-0.4, -0.2) is 9.78 Å². The molecule has 0 spiro atoms. The molecule has 1 heterocycles. The van der Waals surface area contributed by atoms with E-state index in [1.165, 1.54) is 5.54 Å². The molecule has 0 aliphatic rings. The monoisotopic (exact) mass is 215 g/mol. The lowest BCUT2D eigenvalue weighted by Gasteiger charge is -1.96. The minimum absolute atomic E-state index is 0.396. The number of halogens is 2. The predicted molar refractivity (Wildman–Crippen MR) is 51.5 cm³/mol. The third kappa shape index (κ3) is 2.48. The number of nitrogens with zero attached hydrogens (tertiary/aromatic N) is 3. The van der Waals surface area contributed by atoms with Crippen molar-refractivity contribution < 1.29 is 0 Å². The summed E-state index contributed by atoms with van der Waals surface area (Å²) >= 11 is 11.1. The Balaban J connectivity index is 2.87. The summed E-state index contributed by atoms with van der Waals surface area (Å²) < 4.78 is 1.58. The molecule has 0 unspecified atom stereocenters. The SMILES string of the molecule is Cc1nn(C/C(Cl)=C/Cl)cc1C#N. The maximum atomic E-state index is 8.65. The van der Waals surface area contributed by atoms with Gasteiger partial charge in [0.25, 0.3) is 0 Å². The summed E-state index contributed by atoms with van der Waals surface area (Å²) in [5.74, 6) is 0. The molecule has 0 bridgehead atoms. The Morgan fingerprint density at radius 1 is 1.85 bits per heavy atom. The molecule has 0 radical (unpaired) electrons. The molecule has 68 valence electrons. The van der Waals surface area contributed by atoms with E-state index in [1.54, 1.807) is 17.8 Å². The first kappa shape index (κ1) is 10.1. The number of nitriles is 1. The third-order valence-corrected chi connectivity index (χ3v) is 2.10. The first-order valence-electron chi connectivity index (χ1n) is 3.56. The Morgan fingerprint density at radius 2 is 2.54 bits per heavy atom. The van der Waals surface area contributed by atoms with Crippen LogP contribution in [0.2, 0.25) is 0 Å². The first-order valence-corrected chi connectivity index (χ1v) is 4.37.